The van der Waals surface area contributed by atoms with Gasteiger partial charge in [0.1, 0.15) is 17.7 Å². The number of aliphatic hydroxyl groups excluding tert-OH is 1. The zero-order valence-corrected chi connectivity index (χ0v) is 20.8. The van der Waals surface area contributed by atoms with Crippen LogP contribution in [0, 0.1) is 18.6 Å². The molecule has 188 valence electrons. The molecule has 0 heterocycles. The molecule has 7 nitrogen and oxygen atoms in total. The summed E-state index contributed by atoms with van der Waals surface area (Å²) in [7, 11) is 0. The van der Waals surface area contributed by atoms with E-state index in [2.05, 4.69) is 45.6 Å². The maximum absolute atomic E-state index is 13.5. The molecule has 2 rings (SSSR count). The van der Waals surface area contributed by atoms with Crippen LogP contribution in [0.1, 0.15) is 30.4 Å². The van der Waals surface area contributed by atoms with Gasteiger partial charge in [-0.25, -0.2) is 8.78 Å². The summed E-state index contributed by atoms with van der Waals surface area (Å²) < 4.78 is 27.8. The molecule has 0 bridgehead atoms. The Labute approximate surface area is 207 Å². The highest BCUT2D eigenvalue weighted by atomic mass is 79.9. The summed E-state index contributed by atoms with van der Waals surface area (Å²) in [6.45, 7) is 2.70. The van der Waals surface area contributed by atoms with E-state index in [0.29, 0.717) is 25.9 Å². The summed E-state index contributed by atoms with van der Waals surface area (Å²) in [6.07, 6.45) is 0.0867. The van der Waals surface area contributed by atoms with Crippen LogP contribution in [0.5, 0.6) is 0 Å². The van der Waals surface area contributed by atoms with E-state index in [9.17, 15) is 23.5 Å². The molecule has 1 unspecified atom stereocenters. The van der Waals surface area contributed by atoms with Crippen molar-refractivity contribution in [2.75, 3.05) is 19.6 Å². The van der Waals surface area contributed by atoms with Crippen molar-refractivity contribution in [1.29, 1.82) is 0 Å². The SMILES string of the molecule is Cc1ccc(Br)cc1.NC[C@H](O)C(=O)NCCCCNC(=O)CC(N)Cc1cc(F)ccc1F. The maximum Gasteiger partial charge on any atom is 0.250 e. The van der Waals surface area contributed by atoms with Gasteiger partial charge in [0.25, 0.3) is 0 Å². The van der Waals surface area contributed by atoms with Gasteiger partial charge in [-0.15, -0.1) is 0 Å². The number of nitrogens with one attached hydrogen (secondary N) is 2. The second-order valence-electron chi connectivity index (χ2n) is 7.80. The van der Waals surface area contributed by atoms with Crippen molar-refractivity contribution in [2.24, 2.45) is 11.5 Å². The fourth-order valence-corrected chi connectivity index (χ4v) is 3.08. The van der Waals surface area contributed by atoms with Crippen LogP contribution in [0.2, 0.25) is 0 Å². The molecule has 0 spiro atoms. The molecule has 10 heteroatoms. The van der Waals surface area contributed by atoms with E-state index in [1.165, 1.54) is 5.56 Å². The molecule has 0 aliphatic carbocycles. The molecule has 0 radical (unpaired) electrons. The minimum atomic E-state index is -1.21. The Morgan fingerprint density at radius 2 is 1.68 bits per heavy atom. The van der Waals surface area contributed by atoms with Gasteiger partial charge in [-0.3, -0.25) is 9.59 Å². The number of carbonyl (C=O) groups is 2. The van der Waals surface area contributed by atoms with Crippen LogP contribution in [0.3, 0.4) is 0 Å². The Morgan fingerprint density at radius 3 is 2.26 bits per heavy atom. The zero-order chi connectivity index (χ0) is 25.5. The van der Waals surface area contributed by atoms with E-state index in [-0.39, 0.29) is 30.9 Å². The molecule has 0 aromatic heterocycles. The van der Waals surface area contributed by atoms with Gasteiger partial charge in [0, 0.05) is 36.6 Å². The van der Waals surface area contributed by atoms with Crippen molar-refractivity contribution in [3.63, 3.8) is 0 Å². The standard InChI is InChI=1S/C17H26F2N4O3.C7H7Br/c18-12-3-4-14(19)11(7-12)8-13(21)9-16(25)22-5-1-2-6-23-17(26)15(24)10-20;1-6-2-4-7(8)5-3-6/h3-4,7,13,15,24H,1-2,5-6,8-10,20-21H2,(H,22,25)(H,23,26);2-5H,1H3/t13?,15-;/m0./s1. The van der Waals surface area contributed by atoms with Gasteiger partial charge in [-0.1, -0.05) is 33.6 Å². The lowest BCUT2D eigenvalue weighted by Gasteiger charge is -2.13. The van der Waals surface area contributed by atoms with Gasteiger partial charge in [-0.05, 0) is 62.1 Å². The molecule has 0 saturated carbocycles. The third kappa shape index (κ3) is 12.7. The zero-order valence-electron chi connectivity index (χ0n) is 19.2. The van der Waals surface area contributed by atoms with E-state index >= 15 is 0 Å². The van der Waals surface area contributed by atoms with E-state index in [4.69, 9.17) is 11.5 Å². The molecule has 0 saturated heterocycles. The van der Waals surface area contributed by atoms with E-state index in [1.54, 1.807) is 0 Å². The third-order valence-corrected chi connectivity index (χ3v) is 5.23. The number of nitrogens with two attached hydrogens (primary N) is 2. The van der Waals surface area contributed by atoms with Crippen molar-refractivity contribution < 1.29 is 23.5 Å². The monoisotopic (exact) mass is 542 g/mol. The minimum absolute atomic E-state index is 0.00458. The molecule has 2 atom stereocenters. The van der Waals surface area contributed by atoms with Crippen molar-refractivity contribution in [2.45, 2.75) is 44.8 Å². The predicted octanol–water partition coefficient (Wildman–Crippen LogP) is 2.31. The number of hydrogen-bond donors (Lipinski definition) is 5. The van der Waals surface area contributed by atoms with Crippen LogP contribution < -0.4 is 22.1 Å². The van der Waals surface area contributed by atoms with E-state index in [0.717, 1.165) is 22.7 Å². The average molecular weight is 543 g/mol. The van der Waals surface area contributed by atoms with Crippen LogP contribution in [0.25, 0.3) is 0 Å². The number of aryl methyl sites for hydroxylation is 1. The first kappa shape index (κ1) is 29.6. The second kappa shape index (κ2) is 16.3. The first-order chi connectivity index (χ1) is 16.1. The summed E-state index contributed by atoms with van der Waals surface area (Å²) >= 11 is 3.35. The molecule has 34 heavy (non-hydrogen) atoms. The lowest BCUT2D eigenvalue weighted by Crippen LogP contribution is -2.39. The number of amides is 2. The van der Waals surface area contributed by atoms with Crippen LogP contribution in [-0.2, 0) is 16.0 Å². The van der Waals surface area contributed by atoms with E-state index < -0.39 is 29.7 Å². The Morgan fingerprint density at radius 1 is 1.06 bits per heavy atom. The Balaban J connectivity index is 0.000000605. The summed E-state index contributed by atoms with van der Waals surface area (Å²) in [5, 5.41) is 14.4. The molecule has 7 N–H and O–H groups in total. The average Bonchev–Trinajstić information content (AvgIpc) is 2.80. The molecule has 2 amide bonds. The van der Waals surface area contributed by atoms with Crippen LogP contribution in [0.4, 0.5) is 8.78 Å². The van der Waals surface area contributed by atoms with Crippen molar-refractivity contribution >= 4 is 27.7 Å². The number of rotatable bonds is 11. The molecule has 0 aliphatic rings. The number of halogens is 3. The fourth-order valence-electron chi connectivity index (χ4n) is 2.81. The van der Waals surface area contributed by atoms with Crippen molar-refractivity contribution in [1.82, 2.24) is 10.6 Å². The highest BCUT2D eigenvalue weighted by molar-refractivity contribution is 9.10. The highest BCUT2D eigenvalue weighted by Crippen LogP contribution is 2.12. The lowest BCUT2D eigenvalue weighted by atomic mass is 10.0. The van der Waals surface area contributed by atoms with Gasteiger partial charge in [0.15, 0.2) is 0 Å². The molecule has 0 fully saturated rings. The predicted molar refractivity (Wildman–Crippen MR) is 132 cm³/mol. The summed E-state index contributed by atoms with van der Waals surface area (Å²) in [5.41, 5.74) is 12.4. The molecular weight excluding hydrogens is 510 g/mol. The number of hydrogen-bond acceptors (Lipinski definition) is 5. The van der Waals surface area contributed by atoms with Crippen LogP contribution in [-0.4, -0.2) is 48.7 Å². The van der Waals surface area contributed by atoms with Gasteiger partial charge >= 0.3 is 0 Å². The number of carbonyl (C=O) groups excluding carboxylic acids is 2. The third-order valence-electron chi connectivity index (χ3n) is 4.70. The first-order valence-corrected chi connectivity index (χ1v) is 11.8. The minimum Gasteiger partial charge on any atom is -0.382 e. The smallest absolute Gasteiger partial charge is 0.250 e. The number of benzene rings is 2. The lowest BCUT2D eigenvalue weighted by molar-refractivity contribution is -0.128. The highest BCUT2D eigenvalue weighted by Gasteiger charge is 2.14. The molecule has 0 aliphatic heterocycles. The number of unbranched alkanes of at least 4 members (excludes halogenated alkanes) is 1. The first-order valence-electron chi connectivity index (χ1n) is 11.0. The van der Waals surface area contributed by atoms with Gasteiger partial charge in [0.2, 0.25) is 11.8 Å². The Kier molecular flexibility index (Phi) is 14.2. The largest absolute Gasteiger partial charge is 0.382 e. The van der Waals surface area contributed by atoms with Crippen LogP contribution in [0.15, 0.2) is 46.9 Å². The van der Waals surface area contributed by atoms with Gasteiger partial charge in [0.05, 0.1) is 0 Å². The summed E-state index contributed by atoms with van der Waals surface area (Å²) in [6, 6.07) is 10.7. The molecule has 2 aromatic rings. The quantitative estimate of drug-likeness (QED) is 0.278. The fraction of sp³-hybridized carbons (Fsp3) is 0.417. The van der Waals surface area contributed by atoms with Crippen molar-refractivity contribution in [3.8, 4) is 0 Å². The molecular formula is C24H33BrF2N4O3. The maximum atomic E-state index is 13.5. The topological polar surface area (TPSA) is 130 Å². The normalized spacial score (nSPS) is 12.2. The second-order valence-corrected chi connectivity index (χ2v) is 8.71. The summed E-state index contributed by atoms with van der Waals surface area (Å²) in [5.74, 6) is -1.91. The van der Waals surface area contributed by atoms with Crippen LogP contribution >= 0.6 is 15.9 Å². The van der Waals surface area contributed by atoms with Crippen molar-refractivity contribution in [3.05, 3.63) is 69.7 Å². The van der Waals surface area contributed by atoms with E-state index in [1.807, 2.05) is 12.1 Å². The Bertz CT molecular complexity index is 879. The van der Waals surface area contributed by atoms with Gasteiger partial charge < -0.3 is 27.2 Å². The Hall–Kier alpha value is -2.40. The number of aliphatic hydroxyl groups is 1. The van der Waals surface area contributed by atoms with Gasteiger partial charge in [-0.2, -0.15) is 0 Å². The molecule has 2 aromatic carbocycles. The summed E-state index contributed by atoms with van der Waals surface area (Å²) in [4.78, 5) is 23.0.